The van der Waals surface area contributed by atoms with Gasteiger partial charge in [-0.05, 0) is 24.5 Å². The minimum Gasteiger partial charge on any atom is -0.478 e. The lowest BCUT2D eigenvalue weighted by Crippen LogP contribution is -2.25. The van der Waals surface area contributed by atoms with Crippen LogP contribution < -0.4 is 5.32 Å². The van der Waals surface area contributed by atoms with Gasteiger partial charge in [0.25, 0.3) is 0 Å². The molecule has 0 radical (unpaired) electrons. The van der Waals surface area contributed by atoms with Crippen molar-refractivity contribution < 1.29 is 19.2 Å². The van der Waals surface area contributed by atoms with Gasteiger partial charge in [-0.1, -0.05) is 37.2 Å². The lowest BCUT2D eigenvalue weighted by molar-refractivity contribution is -0.120. The molecule has 0 unspecified atom stereocenters. The molecule has 0 atom stereocenters. The van der Waals surface area contributed by atoms with E-state index >= 15 is 0 Å². The molecule has 0 fully saturated rings. The van der Waals surface area contributed by atoms with Crippen LogP contribution in [0.1, 0.15) is 60.0 Å². The molecular weight excluding hydrogens is 308 g/mol. The molecule has 0 aliphatic rings. The van der Waals surface area contributed by atoms with Gasteiger partial charge < -0.3 is 14.9 Å². The van der Waals surface area contributed by atoms with E-state index < -0.39 is 5.97 Å². The van der Waals surface area contributed by atoms with Crippen molar-refractivity contribution in [3.05, 3.63) is 52.9 Å². The number of nitrogens with zero attached hydrogens (tertiary/aromatic N) is 1. The zero-order valence-electron chi connectivity index (χ0n) is 13.9. The van der Waals surface area contributed by atoms with Crippen LogP contribution >= 0.6 is 0 Å². The summed E-state index contributed by atoms with van der Waals surface area (Å²) in [4.78, 5) is 23.2. The summed E-state index contributed by atoms with van der Waals surface area (Å²) in [5, 5.41) is 15.9. The maximum Gasteiger partial charge on any atom is 0.335 e. The summed E-state index contributed by atoms with van der Waals surface area (Å²) in [6.45, 7) is 4.44. The molecule has 0 aliphatic carbocycles. The minimum absolute atomic E-state index is 0.00993. The third-order valence-electron chi connectivity index (χ3n) is 4.04. The number of hydrogen-bond donors (Lipinski definition) is 2. The fraction of sp³-hybridized carbons (Fsp3) is 0.389. The average Bonchev–Trinajstić information content (AvgIpc) is 3.03. The third kappa shape index (κ3) is 4.44. The summed E-state index contributed by atoms with van der Waals surface area (Å²) < 4.78 is 5.25. The van der Waals surface area contributed by atoms with Gasteiger partial charge in [-0.3, -0.25) is 4.79 Å². The first-order valence-electron chi connectivity index (χ1n) is 8.08. The van der Waals surface area contributed by atoms with Crippen molar-refractivity contribution in [2.45, 2.75) is 45.6 Å². The fourth-order valence-electron chi connectivity index (χ4n) is 2.62. The molecule has 0 spiro atoms. The van der Waals surface area contributed by atoms with Crippen LogP contribution in [0.5, 0.6) is 0 Å². The van der Waals surface area contributed by atoms with E-state index in [2.05, 4.69) is 24.3 Å². The van der Waals surface area contributed by atoms with Crippen molar-refractivity contribution in [3.8, 4) is 0 Å². The number of aromatic carboxylic acids is 1. The highest BCUT2D eigenvalue weighted by Gasteiger charge is 2.15. The van der Waals surface area contributed by atoms with Crippen molar-refractivity contribution in [1.29, 1.82) is 0 Å². The molecule has 6 nitrogen and oxygen atoms in total. The summed E-state index contributed by atoms with van der Waals surface area (Å²) in [7, 11) is 0. The molecule has 2 rings (SSSR count). The lowest BCUT2D eigenvalue weighted by atomic mass is 9.99. The molecule has 0 aliphatic heterocycles. The monoisotopic (exact) mass is 330 g/mol. The molecule has 1 heterocycles. The molecule has 24 heavy (non-hydrogen) atoms. The maximum absolute atomic E-state index is 12.0. The predicted octanol–water partition coefficient (Wildman–Crippen LogP) is 3.14. The molecule has 1 aromatic heterocycles. The molecule has 0 bridgehead atoms. The quantitative estimate of drug-likeness (QED) is 0.775. The topological polar surface area (TPSA) is 92.4 Å². The molecular formula is C18H22N2O4. The van der Waals surface area contributed by atoms with Gasteiger partial charge in [-0.25, -0.2) is 4.79 Å². The highest BCUT2D eigenvalue weighted by molar-refractivity contribution is 5.91. The Hall–Kier alpha value is -2.63. The van der Waals surface area contributed by atoms with Gasteiger partial charge in [0.2, 0.25) is 5.91 Å². The Morgan fingerprint density at radius 2 is 1.96 bits per heavy atom. The second-order valence-electron chi connectivity index (χ2n) is 5.65. The molecule has 6 heteroatoms. The van der Waals surface area contributed by atoms with E-state index in [0.29, 0.717) is 17.2 Å². The highest BCUT2D eigenvalue weighted by atomic mass is 16.5. The zero-order valence-corrected chi connectivity index (χ0v) is 13.9. The number of carboxylic acid groups (broad SMARTS) is 1. The van der Waals surface area contributed by atoms with E-state index in [1.54, 1.807) is 18.2 Å². The van der Waals surface area contributed by atoms with E-state index in [4.69, 9.17) is 9.63 Å². The van der Waals surface area contributed by atoms with Gasteiger partial charge in [0.1, 0.15) is 0 Å². The van der Waals surface area contributed by atoms with Gasteiger partial charge in [0, 0.05) is 12.0 Å². The molecule has 0 saturated heterocycles. The summed E-state index contributed by atoms with van der Waals surface area (Å²) in [5.41, 5.74) is 1.53. The van der Waals surface area contributed by atoms with E-state index in [0.717, 1.165) is 18.5 Å². The Morgan fingerprint density at radius 1 is 1.25 bits per heavy atom. The van der Waals surface area contributed by atoms with Crippen LogP contribution in [0.25, 0.3) is 0 Å². The first kappa shape index (κ1) is 17.7. The number of hydrogen-bond acceptors (Lipinski definition) is 4. The van der Waals surface area contributed by atoms with Crippen LogP contribution in [0.3, 0.4) is 0 Å². The summed E-state index contributed by atoms with van der Waals surface area (Å²) in [6.07, 6.45) is 1.98. The number of carbonyl (C=O) groups is 2. The number of amides is 1. The maximum atomic E-state index is 12.0. The van der Waals surface area contributed by atoms with Crippen LogP contribution in [-0.4, -0.2) is 22.1 Å². The number of carbonyl (C=O) groups excluding carboxylic acids is 1. The highest BCUT2D eigenvalue weighted by Crippen LogP contribution is 2.22. The van der Waals surface area contributed by atoms with Crippen molar-refractivity contribution >= 4 is 11.9 Å². The van der Waals surface area contributed by atoms with Crippen molar-refractivity contribution in [3.63, 3.8) is 0 Å². The second kappa shape index (κ2) is 8.29. The summed E-state index contributed by atoms with van der Waals surface area (Å²) in [5.74, 6) is -0.343. The largest absolute Gasteiger partial charge is 0.478 e. The number of benzene rings is 1. The van der Waals surface area contributed by atoms with Gasteiger partial charge in [-0.2, -0.15) is 0 Å². The zero-order chi connectivity index (χ0) is 17.5. The predicted molar refractivity (Wildman–Crippen MR) is 88.8 cm³/mol. The van der Waals surface area contributed by atoms with E-state index in [-0.39, 0.29) is 24.4 Å². The van der Waals surface area contributed by atoms with Crippen LogP contribution in [0.2, 0.25) is 0 Å². The molecule has 0 saturated carbocycles. The summed E-state index contributed by atoms with van der Waals surface area (Å²) >= 11 is 0. The number of nitrogens with one attached hydrogen (secondary N) is 1. The van der Waals surface area contributed by atoms with Crippen LogP contribution in [-0.2, 0) is 17.8 Å². The average molecular weight is 330 g/mol. The SMILES string of the molecule is CCC(CC)c1cc(CNC(=O)Cc2ccccc2C(=O)O)on1. The second-order valence-corrected chi connectivity index (χ2v) is 5.65. The van der Waals surface area contributed by atoms with E-state index in [9.17, 15) is 9.59 Å². The van der Waals surface area contributed by atoms with Crippen LogP contribution in [0.4, 0.5) is 0 Å². The smallest absolute Gasteiger partial charge is 0.335 e. The number of rotatable bonds is 8. The van der Waals surface area contributed by atoms with E-state index in [1.165, 1.54) is 6.07 Å². The number of aromatic nitrogens is 1. The molecule has 128 valence electrons. The van der Waals surface area contributed by atoms with Crippen molar-refractivity contribution in [2.24, 2.45) is 0 Å². The lowest BCUT2D eigenvalue weighted by Gasteiger charge is -2.06. The van der Waals surface area contributed by atoms with E-state index in [1.807, 2.05) is 6.07 Å². The van der Waals surface area contributed by atoms with Gasteiger partial charge in [-0.15, -0.1) is 0 Å². The normalized spacial score (nSPS) is 10.8. The van der Waals surface area contributed by atoms with Gasteiger partial charge in [0.05, 0.1) is 24.2 Å². The Morgan fingerprint density at radius 3 is 2.62 bits per heavy atom. The standard InChI is InChI=1S/C18H22N2O4/c1-3-12(4-2)16-10-14(24-20-16)11-19-17(21)9-13-7-5-6-8-15(13)18(22)23/h5-8,10,12H,3-4,9,11H2,1-2H3,(H,19,21)(H,22,23). The number of carboxylic acids is 1. The third-order valence-corrected chi connectivity index (χ3v) is 4.04. The minimum atomic E-state index is -1.04. The van der Waals surface area contributed by atoms with Crippen molar-refractivity contribution in [1.82, 2.24) is 10.5 Å². The first-order valence-corrected chi connectivity index (χ1v) is 8.08. The Bertz CT molecular complexity index is 705. The Kier molecular flexibility index (Phi) is 6.12. The summed E-state index contributed by atoms with van der Waals surface area (Å²) in [6, 6.07) is 8.35. The molecule has 1 amide bonds. The van der Waals surface area contributed by atoms with Crippen LogP contribution in [0.15, 0.2) is 34.9 Å². The first-order chi connectivity index (χ1) is 11.5. The fourth-order valence-corrected chi connectivity index (χ4v) is 2.62. The van der Waals surface area contributed by atoms with Crippen molar-refractivity contribution in [2.75, 3.05) is 0 Å². The van der Waals surface area contributed by atoms with Gasteiger partial charge in [0.15, 0.2) is 5.76 Å². The Labute approximate surface area is 140 Å². The molecule has 2 N–H and O–H groups in total. The Balaban J connectivity index is 1.93. The van der Waals surface area contributed by atoms with Gasteiger partial charge >= 0.3 is 5.97 Å². The van der Waals surface area contributed by atoms with Crippen LogP contribution in [0, 0.1) is 0 Å². The molecule has 1 aromatic carbocycles. The molecule has 2 aromatic rings.